The topological polar surface area (TPSA) is 15.8 Å². The van der Waals surface area contributed by atoms with Crippen LogP contribution in [0, 0.1) is 0 Å². The monoisotopic (exact) mass is 293 g/mol. The van der Waals surface area contributed by atoms with Crippen LogP contribution in [0.3, 0.4) is 0 Å². The van der Waals surface area contributed by atoms with Gasteiger partial charge >= 0.3 is 0 Å². The Morgan fingerprint density at radius 1 is 0.522 bits per heavy atom. The van der Waals surface area contributed by atoms with Gasteiger partial charge in [0.2, 0.25) is 0 Å². The summed E-state index contributed by atoms with van der Waals surface area (Å²) >= 11 is 0. The van der Waals surface area contributed by atoms with Crippen LogP contribution in [-0.4, -0.2) is 4.98 Å². The van der Waals surface area contributed by atoms with Gasteiger partial charge in [0, 0.05) is 21.7 Å². The van der Waals surface area contributed by atoms with Crippen molar-refractivity contribution < 1.29 is 0 Å². The second kappa shape index (κ2) is 4.72. The van der Waals surface area contributed by atoms with Crippen molar-refractivity contribution in [3.05, 3.63) is 84.9 Å². The summed E-state index contributed by atoms with van der Waals surface area (Å²) in [6, 6.07) is 30.2. The molecule has 0 unspecified atom stereocenters. The number of rotatable bonds is 1. The van der Waals surface area contributed by atoms with E-state index in [2.05, 4.69) is 89.9 Å². The molecule has 1 heterocycles. The molecule has 1 nitrogen and oxygen atoms in total. The summed E-state index contributed by atoms with van der Waals surface area (Å²) < 4.78 is 0. The highest BCUT2D eigenvalue weighted by Gasteiger charge is 2.08. The van der Waals surface area contributed by atoms with E-state index in [9.17, 15) is 0 Å². The largest absolute Gasteiger partial charge is 0.354 e. The number of hydrogen-bond donors (Lipinski definition) is 1. The number of nitrogens with one attached hydrogen (secondary N) is 1. The minimum absolute atomic E-state index is 1.19. The van der Waals surface area contributed by atoms with Gasteiger partial charge in [-0.3, -0.25) is 0 Å². The van der Waals surface area contributed by atoms with E-state index >= 15 is 0 Å². The smallest absolute Gasteiger partial charge is 0.0544 e. The number of hydrogen-bond acceptors (Lipinski definition) is 0. The third-order valence-electron chi connectivity index (χ3n) is 4.61. The Hall–Kier alpha value is -3.06. The Bertz CT molecular complexity index is 1150. The summed E-state index contributed by atoms with van der Waals surface area (Å²) in [7, 11) is 0. The van der Waals surface area contributed by atoms with Gasteiger partial charge in [0.25, 0.3) is 0 Å². The standard InChI is InChI=1S/C22H15N/c1-2-6-15(7-3-1)17-11-13-21-20(14-17)19-12-10-16-8-4-5-9-18(16)22(19)23-21/h1-14,23H. The van der Waals surface area contributed by atoms with Crippen molar-refractivity contribution in [1.82, 2.24) is 4.98 Å². The van der Waals surface area contributed by atoms with Gasteiger partial charge in [-0.15, -0.1) is 0 Å². The van der Waals surface area contributed by atoms with Crippen LogP contribution >= 0.6 is 0 Å². The number of fused-ring (bicyclic) bond motifs is 5. The number of aromatic amines is 1. The Labute approximate surface area is 134 Å². The van der Waals surface area contributed by atoms with Crippen LogP contribution in [0.15, 0.2) is 84.9 Å². The SMILES string of the molecule is c1ccc(-c2ccc3[nH]c4c5ccccc5ccc4c3c2)cc1. The van der Waals surface area contributed by atoms with Gasteiger partial charge in [-0.25, -0.2) is 0 Å². The molecule has 1 N–H and O–H groups in total. The molecule has 23 heavy (non-hydrogen) atoms. The summed E-state index contributed by atoms with van der Waals surface area (Å²) in [6.45, 7) is 0. The molecule has 0 saturated heterocycles. The van der Waals surface area contributed by atoms with Crippen LogP contribution in [0.5, 0.6) is 0 Å². The van der Waals surface area contributed by atoms with Crippen molar-refractivity contribution in [2.45, 2.75) is 0 Å². The zero-order valence-electron chi connectivity index (χ0n) is 12.6. The molecule has 0 amide bonds. The highest BCUT2D eigenvalue weighted by Crippen LogP contribution is 2.33. The van der Waals surface area contributed by atoms with Gasteiger partial charge in [-0.1, -0.05) is 72.8 Å². The van der Waals surface area contributed by atoms with Crippen LogP contribution in [-0.2, 0) is 0 Å². The van der Waals surface area contributed by atoms with Crippen LogP contribution in [0.2, 0.25) is 0 Å². The zero-order valence-corrected chi connectivity index (χ0v) is 12.6. The molecule has 4 aromatic carbocycles. The molecule has 0 fully saturated rings. The van der Waals surface area contributed by atoms with Gasteiger partial charge in [-0.2, -0.15) is 0 Å². The Morgan fingerprint density at radius 2 is 1.35 bits per heavy atom. The lowest BCUT2D eigenvalue weighted by atomic mass is 10.0. The molecule has 108 valence electrons. The molecular weight excluding hydrogens is 278 g/mol. The lowest BCUT2D eigenvalue weighted by molar-refractivity contribution is 1.56. The average molecular weight is 293 g/mol. The van der Waals surface area contributed by atoms with E-state index in [0.29, 0.717) is 0 Å². The first kappa shape index (κ1) is 12.5. The minimum Gasteiger partial charge on any atom is -0.354 e. The Morgan fingerprint density at radius 3 is 2.26 bits per heavy atom. The molecule has 0 aliphatic rings. The molecule has 1 heteroatoms. The predicted molar refractivity (Wildman–Crippen MR) is 98.7 cm³/mol. The first-order valence-corrected chi connectivity index (χ1v) is 7.89. The molecule has 0 bridgehead atoms. The molecule has 5 rings (SSSR count). The van der Waals surface area contributed by atoms with Gasteiger partial charge in [0.05, 0.1) is 5.52 Å². The van der Waals surface area contributed by atoms with Crippen molar-refractivity contribution in [3.63, 3.8) is 0 Å². The minimum atomic E-state index is 1.19. The van der Waals surface area contributed by atoms with Crippen molar-refractivity contribution >= 4 is 32.6 Å². The van der Waals surface area contributed by atoms with Crippen LogP contribution in [0.1, 0.15) is 0 Å². The predicted octanol–water partition coefficient (Wildman–Crippen LogP) is 6.14. The second-order valence-electron chi connectivity index (χ2n) is 5.96. The van der Waals surface area contributed by atoms with E-state index < -0.39 is 0 Å². The summed E-state index contributed by atoms with van der Waals surface area (Å²) in [5, 5.41) is 5.13. The molecule has 0 saturated carbocycles. The summed E-state index contributed by atoms with van der Waals surface area (Å²) in [5.74, 6) is 0. The fourth-order valence-corrected chi connectivity index (χ4v) is 3.45. The van der Waals surface area contributed by atoms with Crippen LogP contribution < -0.4 is 0 Å². The molecule has 0 atom stereocenters. The van der Waals surface area contributed by atoms with Crippen molar-refractivity contribution in [2.24, 2.45) is 0 Å². The van der Waals surface area contributed by atoms with Gasteiger partial charge in [0.1, 0.15) is 0 Å². The summed E-state index contributed by atoms with van der Waals surface area (Å²) in [5.41, 5.74) is 4.93. The van der Waals surface area contributed by atoms with E-state index in [4.69, 9.17) is 0 Å². The van der Waals surface area contributed by atoms with Gasteiger partial charge < -0.3 is 4.98 Å². The summed E-state index contributed by atoms with van der Waals surface area (Å²) in [6.07, 6.45) is 0. The third-order valence-corrected chi connectivity index (χ3v) is 4.61. The lowest BCUT2D eigenvalue weighted by Crippen LogP contribution is -1.76. The number of H-pyrrole nitrogens is 1. The maximum atomic E-state index is 3.60. The first-order valence-electron chi connectivity index (χ1n) is 7.89. The van der Waals surface area contributed by atoms with E-state index in [1.807, 2.05) is 0 Å². The molecule has 0 aliphatic heterocycles. The molecule has 5 aromatic rings. The molecular formula is C22H15N. The van der Waals surface area contributed by atoms with Crippen molar-refractivity contribution in [1.29, 1.82) is 0 Å². The van der Waals surface area contributed by atoms with Crippen molar-refractivity contribution in [2.75, 3.05) is 0 Å². The zero-order chi connectivity index (χ0) is 15.2. The van der Waals surface area contributed by atoms with Gasteiger partial charge in [-0.05, 0) is 28.6 Å². The van der Waals surface area contributed by atoms with E-state index in [-0.39, 0.29) is 0 Å². The maximum absolute atomic E-state index is 3.60. The van der Waals surface area contributed by atoms with E-state index in [1.54, 1.807) is 0 Å². The third kappa shape index (κ3) is 1.87. The lowest BCUT2D eigenvalue weighted by Gasteiger charge is -2.02. The van der Waals surface area contributed by atoms with E-state index in [0.717, 1.165) is 0 Å². The Balaban J connectivity index is 1.86. The van der Waals surface area contributed by atoms with Crippen molar-refractivity contribution in [3.8, 4) is 11.1 Å². The highest BCUT2D eigenvalue weighted by molar-refractivity contribution is 6.17. The van der Waals surface area contributed by atoms with E-state index in [1.165, 1.54) is 43.7 Å². The molecule has 0 spiro atoms. The molecule has 0 radical (unpaired) electrons. The second-order valence-corrected chi connectivity index (χ2v) is 5.96. The molecule has 0 aliphatic carbocycles. The normalized spacial score (nSPS) is 11.5. The maximum Gasteiger partial charge on any atom is 0.0544 e. The van der Waals surface area contributed by atoms with Crippen LogP contribution in [0.25, 0.3) is 43.7 Å². The van der Waals surface area contributed by atoms with Crippen LogP contribution in [0.4, 0.5) is 0 Å². The number of aromatic nitrogens is 1. The highest BCUT2D eigenvalue weighted by atomic mass is 14.7. The number of benzene rings is 4. The Kier molecular flexibility index (Phi) is 2.56. The molecule has 1 aromatic heterocycles. The fraction of sp³-hybridized carbons (Fsp3) is 0. The average Bonchev–Trinajstić information content (AvgIpc) is 3.01. The fourth-order valence-electron chi connectivity index (χ4n) is 3.45. The first-order chi connectivity index (χ1) is 11.4. The quantitative estimate of drug-likeness (QED) is 0.382. The van der Waals surface area contributed by atoms with Gasteiger partial charge in [0.15, 0.2) is 0 Å². The summed E-state index contributed by atoms with van der Waals surface area (Å²) in [4.78, 5) is 3.60.